The second-order valence-corrected chi connectivity index (χ2v) is 8.57. The van der Waals surface area contributed by atoms with Crippen LogP contribution in [-0.4, -0.2) is 67.1 Å². The number of nitrogens with zero attached hydrogens (tertiary/aromatic N) is 5. The molecule has 7 nitrogen and oxygen atoms in total. The minimum atomic E-state index is 0.0390. The molecule has 0 aliphatic carbocycles. The average molecular weight is 429 g/mol. The molecule has 1 aromatic carbocycles. The number of benzene rings is 1. The highest BCUT2D eigenvalue weighted by molar-refractivity contribution is 6.30. The Bertz CT molecular complexity index is 862. The fourth-order valence-electron chi connectivity index (χ4n) is 4.16. The van der Waals surface area contributed by atoms with Crippen LogP contribution in [0.25, 0.3) is 0 Å². The van der Waals surface area contributed by atoms with Crippen molar-refractivity contribution in [2.75, 3.05) is 56.1 Å². The Morgan fingerprint density at radius 3 is 2.63 bits per heavy atom. The molecule has 1 N–H and O–H groups in total. The summed E-state index contributed by atoms with van der Waals surface area (Å²) >= 11 is 6.02. The summed E-state index contributed by atoms with van der Waals surface area (Å²) in [6.07, 6.45) is 5.21. The van der Waals surface area contributed by atoms with Crippen molar-refractivity contribution in [3.05, 3.63) is 47.4 Å². The molecule has 0 unspecified atom stereocenters. The van der Waals surface area contributed by atoms with Gasteiger partial charge in [-0.2, -0.15) is 0 Å². The van der Waals surface area contributed by atoms with Crippen molar-refractivity contribution >= 4 is 29.0 Å². The molecule has 8 heteroatoms. The molecule has 30 heavy (non-hydrogen) atoms. The molecule has 2 aromatic rings. The van der Waals surface area contributed by atoms with Crippen LogP contribution in [0.4, 0.5) is 11.5 Å². The van der Waals surface area contributed by atoms with Crippen LogP contribution in [0.1, 0.15) is 18.4 Å². The molecule has 0 saturated carbocycles. The normalized spacial score (nSPS) is 18.5. The third-order valence-corrected chi connectivity index (χ3v) is 6.27. The fourth-order valence-corrected chi connectivity index (χ4v) is 4.38. The van der Waals surface area contributed by atoms with Gasteiger partial charge in [0.25, 0.3) is 0 Å². The molecule has 160 valence electrons. The highest BCUT2D eigenvalue weighted by Crippen LogP contribution is 2.30. The Morgan fingerprint density at radius 1 is 1.13 bits per heavy atom. The number of anilines is 2. The van der Waals surface area contributed by atoms with Crippen molar-refractivity contribution in [1.82, 2.24) is 20.2 Å². The van der Waals surface area contributed by atoms with Crippen LogP contribution in [0.3, 0.4) is 0 Å². The minimum absolute atomic E-state index is 0.0390. The first kappa shape index (κ1) is 20.9. The number of amides is 1. The number of aromatic nitrogens is 2. The van der Waals surface area contributed by atoms with Crippen molar-refractivity contribution in [3.63, 3.8) is 0 Å². The number of hydrogen-bond donors (Lipinski definition) is 1. The van der Waals surface area contributed by atoms with E-state index in [9.17, 15) is 4.79 Å². The zero-order valence-corrected chi connectivity index (χ0v) is 18.2. The second kappa shape index (κ2) is 9.62. The third-order valence-electron chi connectivity index (χ3n) is 6.04. The van der Waals surface area contributed by atoms with Gasteiger partial charge in [0, 0.05) is 56.8 Å². The SMILES string of the molecule is CN1CCN(c2ncncc2N2CCC(C(=O)NCc3cccc(Cl)c3)CC2)CC1. The lowest BCUT2D eigenvalue weighted by Gasteiger charge is -2.38. The van der Waals surface area contributed by atoms with E-state index in [1.165, 1.54) is 0 Å². The van der Waals surface area contributed by atoms with Crippen molar-refractivity contribution in [3.8, 4) is 0 Å². The van der Waals surface area contributed by atoms with Gasteiger partial charge in [-0.1, -0.05) is 23.7 Å². The minimum Gasteiger partial charge on any atom is -0.367 e. The molecule has 2 aliphatic rings. The number of likely N-dealkylation sites (N-methyl/N-ethyl adjacent to an activating group) is 1. The highest BCUT2D eigenvalue weighted by atomic mass is 35.5. The zero-order valence-electron chi connectivity index (χ0n) is 17.4. The van der Waals surface area contributed by atoms with Crippen LogP contribution in [0, 0.1) is 5.92 Å². The number of carbonyl (C=O) groups excluding carboxylic acids is 1. The van der Waals surface area contributed by atoms with Crippen LogP contribution in [0.5, 0.6) is 0 Å². The molecule has 0 radical (unpaired) electrons. The molecule has 1 amide bonds. The Hall–Kier alpha value is -2.38. The van der Waals surface area contributed by atoms with Gasteiger partial charge >= 0.3 is 0 Å². The predicted molar refractivity (Wildman–Crippen MR) is 120 cm³/mol. The van der Waals surface area contributed by atoms with Gasteiger partial charge < -0.3 is 20.0 Å². The molecular formula is C22H29ClN6O. The van der Waals surface area contributed by atoms with Crippen LogP contribution in [0.15, 0.2) is 36.8 Å². The summed E-state index contributed by atoms with van der Waals surface area (Å²) in [6.45, 7) is 6.22. The molecule has 0 atom stereocenters. The molecule has 3 heterocycles. The van der Waals surface area contributed by atoms with E-state index in [4.69, 9.17) is 11.6 Å². The van der Waals surface area contributed by atoms with Crippen LogP contribution in [0.2, 0.25) is 5.02 Å². The first-order valence-electron chi connectivity index (χ1n) is 10.6. The third kappa shape index (κ3) is 5.02. The first-order valence-corrected chi connectivity index (χ1v) is 11.0. The van der Waals surface area contributed by atoms with Crippen molar-refractivity contribution in [2.45, 2.75) is 19.4 Å². The van der Waals surface area contributed by atoms with E-state index < -0.39 is 0 Å². The molecule has 0 bridgehead atoms. The second-order valence-electron chi connectivity index (χ2n) is 8.13. The van der Waals surface area contributed by atoms with Crippen LogP contribution >= 0.6 is 11.6 Å². The Labute approximate surface area is 183 Å². The summed E-state index contributed by atoms with van der Waals surface area (Å²) in [6, 6.07) is 7.61. The van der Waals surface area contributed by atoms with Gasteiger partial charge in [-0.05, 0) is 37.6 Å². The van der Waals surface area contributed by atoms with E-state index in [0.29, 0.717) is 11.6 Å². The van der Waals surface area contributed by atoms with E-state index in [2.05, 4.69) is 37.0 Å². The lowest BCUT2D eigenvalue weighted by Crippen LogP contribution is -2.46. The monoisotopic (exact) mass is 428 g/mol. The average Bonchev–Trinajstić information content (AvgIpc) is 2.78. The summed E-state index contributed by atoms with van der Waals surface area (Å²) in [4.78, 5) is 28.5. The Balaban J connectivity index is 1.33. The lowest BCUT2D eigenvalue weighted by atomic mass is 9.95. The summed E-state index contributed by atoms with van der Waals surface area (Å²) in [5.41, 5.74) is 2.10. The van der Waals surface area contributed by atoms with Crippen LogP contribution < -0.4 is 15.1 Å². The number of piperazine rings is 1. The van der Waals surface area contributed by atoms with E-state index in [-0.39, 0.29) is 11.8 Å². The van der Waals surface area contributed by atoms with Gasteiger partial charge in [0.05, 0.1) is 11.9 Å². The van der Waals surface area contributed by atoms with Gasteiger partial charge in [-0.25, -0.2) is 9.97 Å². The van der Waals surface area contributed by atoms with Crippen molar-refractivity contribution < 1.29 is 4.79 Å². The van der Waals surface area contributed by atoms with Crippen molar-refractivity contribution in [2.24, 2.45) is 5.92 Å². The summed E-state index contributed by atoms with van der Waals surface area (Å²) < 4.78 is 0. The van der Waals surface area contributed by atoms with Crippen LogP contribution in [-0.2, 0) is 11.3 Å². The number of nitrogens with one attached hydrogen (secondary N) is 1. The lowest BCUT2D eigenvalue weighted by molar-refractivity contribution is -0.125. The molecule has 4 rings (SSSR count). The molecule has 1 aromatic heterocycles. The topological polar surface area (TPSA) is 64.6 Å². The fraction of sp³-hybridized carbons (Fsp3) is 0.500. The molecular weight excluding hydrogens is 400 g/mol. The summed E-state index contributed by atoms with van der Waals surface area (Å²) in [7, 11) is 2.15. The standard InChI is InChI=1S/C22H29ClN6O/c1-27-9-11-29(12-10-27)21-20(15-24-16-26-21)28-7-5-18(6-8-28)22(30)25-14-17-3-2-4-19(23)13-17/h2-4,13,15-16,18H,5-12,14H2,1H3,(H,25,30). The van der Waals surface area contributed by atoms with Gasteiger partial charge in [-0.15, -0.1) is 0 Å². The highest BCUT2D eigenvalue weighted by Gasteiger charge is 2.28. The molecule has 0 spiro atoms. The largest absolute Gasteiger partial charge is 0.367 e. The number of hydrogen-bond acceptors (Lipinski definition) is 6. The number of halogens is 1. The van der Waals surface area contributed by atoms with E-state index >= 15 is 0 Å². The number of rotatable bonds is 5. The maximum Gasteiger partial charge on any atom is 0.223 e. The van der Waals surface area contributed by atoms with Gasteiger partial charge in [0.15, 0.2) is 5.82 Å². The van der Waals surface area contributed by atoms with E-state index in [0.717, 1.165) is 69.2 Å². The smallest absolute Gasteiger partial charge is 0.223 e. The van der Waals surface area contributed by atoms with Gasteiger partial charge in [-0.3, -0.25) is 4.79 Å². The van der Waals surface area contributed by atoms with Gasteiger partial charge in [0.1, 0.15) is 6.33 Å². The number of carbonyl (C=O) groups is 1. The Kier molecular flexibility index (Phi) is 6.69. The zero-order chi connectivity index (χ0) is 20.9. The first-order chi connectivity index (χ1) is 14.6. The quantitative estimate of drug-likeness (QED) is 0.789. The predicted octanol–water partition coefficient (Wildman–Crippen LogP) is 2.41. The summed E-state index contributed by atoms with van der Waals surface area (Å²) in [5, 5.41) is 3.76. The number of piperidine rings is 1. The molecule has 2 fully saturated rings. The van der Waals surface area contributed by atoms with Crippen molar-refractivity contribution in [1.29, 1.82) is 0 Å². The Morgan fingerprint density at radius 2 is 1.90 bits per heavy atom. The maximum absolute atomic E-state index is 12.6. The molecule has 2 aliphatic heterocycles. The maximum atomic E-state index is 12.6. The van der Waals surface area contributed by atoms with Gasteiger partial charge in [0.2, 0.25) is 5.91 Å². The summed E-state index contributed by atoms with van der Waals surface area (Å²) in [5.74, 6) is 1.18. The van der Waals surface area contributed by atoms with E-state index in [1.54, 1.807) is 6.33 Å². The molecule has 2 saturated heterocycles. The van der Waals surface area contributed by atoms with E-state index in [1.807, 2.05) is 30.5 Å².